The van der Waals surface area contributed by atoms with Gasteiger partial charge in [0, 0.05) is 28.9 Å². The standard InChI is InChI=1S/C21H23NO6/c23-10-13(25)7-5-12-6-8-17(22-9-14(26)11-24)19-18(12)20(27)15-3-1-2-4-16(15)21(19)28/h1-4,6,8,13-14,22-26H,5,7,9-11H2. The van der Waals surface area contributed by atoms with Gasteiger partial charge in [0.15, 0.2) is 11.6 Å². The summed E-state index contributed by atoms with van der Waals surface area (Å²) in [7, 11) is 0. The molecule has 0 heterocycles. The number of aryl methyl sites for hydroxylation is 1. The Kier molecular flexibility index (Phi) is 6.21. The summed E-state index contributed by atoms with van der Waals surface area (Å²) in [6.45, 7) is -0.784. The van der Waals surface area contributed by atoms with Crippen molar-refractivity contribution in [3.63, 3.8) is 0 Å². The second kappa shape index (κ2) is 8.62. The maximum Gasteiger partial charge on any atom is 0.196 e. The quantitative estimate of drug-likeness (QED) is 0.382. The molecule has 0 spiro atoms. The average molecular weight is 385 g/mol. The Bertz CT molecular complexity index is 822. The van der Waals surface area contributed by atoms with E-state index in [2.05, 4.69) is 5.32 Å². The van der Waals surface area contributed by atoms with Crippen LogP contribution in [0, 0.1) is 0 Å². The molecule has 2 unspecified atom stereocenters. The van der Waals surface area contributed by atoms with Crippen molar-refractivity contribution in [1.82, 2.24) is 0 Å². The molecule has 0 fully saturated rings. The predicted molar refractivity (Wildman–Crippen MR) is 103 cm³/mol. The Morgan fingerprint density at radius 2 is 1.43 bits per heavy atom. The van der Waals surface area contributed by atoms with Gasteiger partial charge in [0.05, 0.1) is 31.0 Å². The lowest BCUT2D eigenvalue weighted by atomic mass is 9.80. The topological polar surface area (TPSA) is 127 Å². The fourth-order valence-corrected chi connectivity index (χ4v) is 3.35. The molecule has 0 aliphatic heterocycles. The van der Waals surface area contributed by atoms with Gasteiger partial charge < -0.3 is 25.7 Å². The lowest BCUT2D eigenvalue weighted by Crippen LogP contribution is -2.27. The van der Waals surface area contributed by atoms with Gasteiger partial charge in [-0.2, -0.15) is 0 Å². The number of nitrogens with one attached hydrogen (secondary N) is 1. The molecule has 1 aliphatic carbocycles. The van der Waals surface area contributed by atoms with Crippen LogP contribution >= 0.6 is 0 Å². The minimum Gasteiger partial charge on any atom is -0.394 e. The zero-order valence-corrected chi connectivity index (χ0v) is 15.3. The normalized spacial score (nSPS) is 15.0. The lowest BCUT2D eigenvalue weighted by Gasteiger charge is -2.24. The summed E-state index contributed by atoms with van der Waals surface area (Å²) in [4.78, 5) is 26.3. The van der Waals surface area contributed by atoms with Crippen LogP contribution < -0.4 is 5.32 Å². The molecule has 0 saturated carbocycles. The van der Waals surface area contributed by atoms with Crippen molar-refractivity contribution in [2.24, 2.45) is 0 Å². The molecule has 1 aliphatic rings. The minimum absolute atomic E-state index is 0.0225. The van der Waals surface area contributed by atoms with Gasteiger partial charge in [-0.25, -0.2) is 0 Å². The van der Waals surface area contributed by atoms with E-state index >= 15 is 0 Å². The molecule has 0 radical (unpaired) electrons. The molecule has 2 aromatic carbocycles. The van der Waals surface area contributed by atoms with Crippen molar-refractivity contribution in [3.8, 4) is 0 Å². The first-order valence-electron chi connectivity index (χ1n) is 9.14. The van der Waals surface area contributed by atoms with Crippen molar-refractivity contribution in [1.29, 1.82) is 0 Å². The highest BCUT2D eigenvalue weighted by Gasteiger charge is 2.33. The van der Waals surface area contributed by atoms with Crippen LogP contribution in [0.5, 0.6) is 0 Å². The van der Waals surface area contributed by atoms with Crippen molar-refractivity contribution in [2.45, 2.75) is 25.0 Å². The molecule has 0 saturated heterocycles. The third-order valence-corrected chi connectivity index (χ3v) is 4.86. The number of hydrogen-bond acceptors (Lipinski definition) is 7. The smallest absolute Gasteiger partial charge is 0.196 e. The predicted octanol–water partition coefficient (Wildman–Crippen LogP) is 0.513. The summed E-state index contributed by atoms with van der Waals surface area (Å²) in [5.41, 5.74) is 2.17. The van der Waals surface area contributed by atoms with E-state index in [1.54, 1.807) is 36.4 Å². The number of hydrogen-bond donors (Lipinski definition) is 5. The number of anilines is 1. The highest BCUT2D eigenvalue weighted by Crippen LogP contribution is 2.34. The molecule has 148 valence electrons. The molecule has 5 N–H and O–H groups in total. The molecule has 0 aromatic heterocycles. The van der Waals surface area contributed by atoms with Crippen molar-refractivity contribution in [2.75, 3.05) is 25.1 Å². The number of aliphatic hydroxyl groups excluding tert-OH is 4. The fraction of sp³-hybridized carbons (Fsp3) is 0.333. The molecule has 0 amide bonds. The minimum atomic E-state index is -1.00. The number of rotatable bonds is 8. The highest BCUT2D eigenvalue weighted by atomic mass is 16.3. The first-order chi connectivity index (χ1) is 13.5. The average Bonchev–Trinajstić information content (AvgIpc) is 2.73. The molecule has 7 nitrogen and oxygen atoms in total. The number of ketones is 2. The van der Waals surface area contributed by atoms with Gasteiger partial charge in [0.1, 0.15) is 0 Å². The zero-order chi connectivity index (χ0) is 20.3. The van der Waals surface area contributed by atoms with Crippen LogP contribution in [-0.4, -0.2) is 64.0 Å². The summed E-state index contributed by atoms with van der Waals surface area (Å²) < 4.78 is 0. The third-order valence-electron chi connectivity index (χ3n) is 4.86. The molecule has 2 aromatic rings. The summed E-state index contributed by atoms with van der Waals surface area (Å²) in [6, 6.07) is 9.97. The number of carbonyl (C=O) groups is 2. The number of carbonyl (C=O) groups excluding carboxylic acids is 2. The van der Waals surface area contributed by atoms with E-state index in [1.165, 1.54) is 0 Å². The van der Waals surface area contributed by atoms with Crippen molar-refractivity contribution in [3.05, 3.63) is 64.2 Å². The van der Waals surface area contributed by atoms with Crippen LogP contribution in [0.3, 0.4) is 0 Å². The summed E-state index contributed by atoms with van der Waals surface area (Å²) >= 11 is 0. The fourth-order valence-electron chi connectivity index (χ4n) is 3.35. The molecular formula is C21H23NO6. The molecule has 7 heteroatoms. The van der Waals surface area contributed by atoms with E-state index < -0.39 is 18.8 Å². The van der Waals surface area contributed by atoms with Crippen LogP contribution in [0.4, 0.5) is 5.69 Å². The van der Waals surface area contributed by atoms with Crippen LogP contribution in [0.2, 0.25) is 0 Å². The second-order valence-electron chi connectivity index (χ2n) is 6.82. The Morgan fingerprint density at radius 1 is 0.821 bits per heavy atom. The Balaban J connectivity index is 2.07. The second-order valence-corrected chi connectivity index (χ2v) is 6.82. The van der Waals surface area contributed by atoms with Gasteiger partial charge in [-0.3, -0.25) is 9.59 Å². The van der Waals surface area contributed by atoms with E-state index in [4.69, 9.17) is 10.2 Å². The maximum atomic E-state index is 13.2. The largest absolute Gasteiger partial charge is 0.394 e. The lowest BCUT2D eigenvalue weighted by molar-refractivity contribution is 0.0883. The molecule has 28 heavy (non-hydrogen) atoms. The van der Waals surface area contributed by atoms with Gasteiger partial charge in [-0.15, -0.1) is 0 Å². The van der Waals surface area contributed by atoms with Gasteiger partial charge in [-0.1, -0.05) is 30.3 Å². The number of benzene rings is 2. The van der Waals surface area contributed by atoms with E-state index in [0.717, 1.165) is 0 Å². The first-order valence-corrected chi connectivity index (χ1v) is 9.14. The van der Waals surface area contributed by atoms with Gasteiger partial charge in [0.25, 0.3) is 0 Å². The van der Waals surface area contributed by atoms with Gasteiger partial charge in [-0.05, 0) is 24.5 Å². The molecule has 3 rings (SSSR count). The zero-order valence-electron chi connectivity index (χ0n) is 15.3. The Morgan fingerprint density at radius 3 is 2.04 bits per heavy atom. The van der Waals surface area contributed by atoms with Crippen molar-refractivity contribution < 1.29 is 30.0 Å². The first kappa shape index (κ1) is 20.2. The van der Waals surface area contributed by atoms with E-state index in [1.807, 2.05) is 0 Å². The SMILES string of the molecule is O=C1c2ccccc2C(=O)c2c(NCC(O)CO)ccc(CCC(O)CO)c21. The number of aliphatic hydroxyl groups is 4. The third kappa shape index (κ3) is 3.83. The van der Waals surface area contributed by atoms with Crippen LogP contribution in [0.15, 0.2) is 36.4 Å². The summed E-state index contributed by atoms with van der Waals surface area (Å²) in [6.07, 6.45) is -1.33. The maximum absolute atomic E-state index is 13.2. The Labute approximate surface area is 162 Å². The summed E-state index contributed by atoms with van der Waals surface area (Å²) in [5.74, 6) is -0.569. The van der Waals surface area contributed by atoms with E-state index in [9.17, 15) is 19.8 Å². The monoisotopic (exact) mass is 385 g/mol. The molecule has 2 atom stereocenters. The van der Waals surface area contributed by atoms with Crippen LogP contribution in [-0.2, 0) is 6.42 Å². The van der Waals surface area contributed by atoms with Crippen LogP contribution in [0.25, 0.3) is 0 Å². The molecule has 0 bridgehead atoms. The van der Waals surface area contributed by atoms with Gasteiger partial charge in [0.2, 0.25) is 0 Å². The number of fused-ring (bicyclic) bond motifs is 2. The highest BCUT2D eigenvalue weighted by molar-refractivity contribution is 6.30. The molecular weight excluding hydrogens is 362 g/mol. The van der Waals surface area contributed by atoms with Crippen LogP contribution in [0.1, 0.15) is 43.8 Å². The van der Waals surface area contributed by atoms with E-state index in [0.29, 0.717) is 28.8 Å². The summed E-state index contributed by atoms with van der Waals surface area (Å²) in [5, 5.41) is 40.3. The Hall–Kier alpha value is -2.58. The van der Waals surface area contributed by atoms with Crippen molar-refractivity contribution >= 4 is 17.3 Å². The van der Waals surface area contributed by atoms with Gasteiger partial charge >= 0.3 is 0 Å². The van der Waals surface area contributed by atoms with E-state index in [-0.39, 0.29) is 42.3 Å².